The summed E-state index contributed by atoms with van der Waals surface area (Å²) in [4.78, 5) is 12.9. The summed E-state index contributed by atoms with van der Waals surface area (Å²) in [6.45, 7) is 14.9. The zero-order valence-corrected chi connectivity index (χ0v) is 17.3. The molecule has 0 bridgehead atoms. The standard InChI is InChI=1S/C21H27OP.Li.H/c1-13-8-9-18(14(2)10-13)23-20(22)19-15(3)11-17(12-16(19)4)21(5,6)7;;/h8-12,23H,1-7H3;;/q;+1;-1. The predicted octanol–water partition coefficient (Wildman–Crippen LogP) is 2.48. The minimum Gasteiger partial charge on any atom is -1.00 e. The van der Waals surface area contributed by atoms with E-state index in [1.165, 1.54) is 16.7 Å². The van der Waals surface area contributed by atoms with Gasteiger partial charge in [0.05, 0.1) is 0 Å². The Morgan fingerprint density at radius 3 is 1.92 bits per heavy atom. The van der Waals surface area contributed by atoms with E-state index in [-0.39, 0.29) is 39.8 Å². The maximum absolute atomic E-state index is 12.9. The van der Waals surface area contributed by atoms with Gasteiger partial charge in [0, 0.05) is 5.56 Å². The molecule has 0 saturated carbocycles. The summed E-state index contributed by atoms with van der Waals surface area (Å²) in [5.74, 6) is 0. The summed E-state index contributed by atoms with van der Waals surface area (Å²) < 4.78 is 0. The van der Waals surface area contributed by atoms with Crippen molar-refractivity contribution in [1.82, 2.24) is 0 Å². The molecule has 1 atom stereocenters. The van der Waals surface area contributed by atoms with Gasteiger partial charge in [-0.25, -0.2) is 0 Å². The molecule has 2 aromatic rings. The number of carbonyl (C=O) groups excluding carboxylic acids is 1. The van der Waals surface area contributed by atoms with E-state index in [2.05, 4.69) is 78.8 Å². The normalized spacial score (nSPS) is 11.6. The zero-order chi connectivity index (χ0) is 17.4. The number of aryl methyl sites for hydroxylation is 4. The minimum atomic E-state index is 0. The topological polar surface area (TPSA) is 17.1 Å². The largest absolute Gasteiger partial charge is 1.00 e. The fourth-order valence-electron chi connectivity index (χ4n) is 2.89. The fraction of sp³-hybridized carbons (Fsp3) is 0.381. The van der Waals surface area contributed by atoms with Crippen LogP contribution in [0.25, 0.3) is 0 Å². The third-order valence-corrected chi connectivity index (χ3v) is 5.56. The van der Waals surface area contributed by atoms with Crippen molar-refractivity contribution in [2.45, 2.75) is 53.9 Å². The van der Waals surface area contributed by atoms with E-state index in [1.807, 2.05) is 0 Å². The Bertz CT molecular complexity index is 740. The van der Waals surface area contributed by atoms with Crippen molar-refractivity contribution in [3.8, 4) is 0 Å². The molecule has 0 N–H and O–H groups in total. The fourth-order valence-corrected chi connectivity index (χ4v) is 4.09. The molecular weight excluding hydrogens is 306 g/mol. The Morgan fingerprint density at radius 2 is 1.46 bits per heavy atom. The molecule has 0 aliphatic heterocycles. The van der Waals surface area contributed by atoms with Gasteiger partial charge < -0.3 is 1.43 Å². The first-order valence-electron chi connectivity index (χ1n) is 8.10. The Labute approximate surface area is 162 Å². The number of hydrogen-bond donors (Lipinski definition) is 0. The number of carbonyl (C=O) groups is 1. The van der Waals surface area contributed by atoms with Crippen molar-refractivity contribution < 1.29 is 25.1 Å². The molecule has 0 aromatic heterocycles. The van der Waals surface area contributed by atoms with Gasteiger partial charge in [-0.05, 0) is 69.2 Å². The smallest absolute Gasteiger partial charge is 1.00 e. The van der Waals surface area contributed by atoms with Crippen LogP contribution in [-0.4, -0.2) is 5.52 Å². The molecule has 3 heteroatoms. The van der Waals surface area contributed by atoms with Crippen LogP contribution in [0, 0.1) is 27.7 Å². The molecule has 124 valence electrons. The van der Waals surface area contributed by atoms with Crippen molar-refractivity contribution in [2.24, 2.45) is 0 Å². The van der Waals surface area contributed by atoms with E-state index in [9.17, 15) is 4.79 Å². The van der Waals surface area contributed by atoms with Crippen LogP contribution in [0.2, 0.25) is 0 Å². The van der Waals surface area contributed by atoms with Crippen molar-refractivity contribution in [3.05, 3.63) is 63.7 Å². The first-order chi connectivity index (χ1) is 10.6. The van der Waals surface area contributed by atoms with Crippen LogP contribution < -0.4 is 24.2 Å². The first kappa shape index (κ1) is 21.2. The number of benzene rings is 2. The van der Waals surface area contributed by atoms with Crippen molar-refractivity contribution >= 4 is 19.4 Å². The van der Waals surface area contributed by atoms with E-state index >= 15 is 0 Å². The quantitative estimate of drug-likeness (QED) is 0.623. The molecule has 0 aliphatic carbocycles. The van der Waals surface area contributed by atoms with E-state index < -0.39 is 0 Å². The maximum atomic E-state index is 12.9. The van der Waals surface area contributed by atoms with Crippen LogP contribution in [-0.2, 0) is 5.41 Å². The minimum absolute atomic E-state index is 0. The molecule has 2 aromatic carbocycles. The molecule has 0 saturated heterocycles. The van der Waals surface area contributed by atoms with E-state index in [0.29, 0.717) is 0 Å². The van der Waals surface area contributed by atoms with Gasteiger partial charge in [-0.2, -0.15) is 0 Å². The molecule has 1 nitrogen and oxygen atoms in total. The van der Waals surface area contributed by atoms with Gasteiger partial charge in [0.1, 0.15) is 0 Å². The summed E-state index contributed by atoms with van der Waals surface area (Å²) in [6, 6.07) is 10.7. The van der Waals surface area contributed by atoms with Gasteiger partial charge in [-0.1, -0.05) is 56.7 Å². The molecule has 0 spiro atoms. The van der Waals surface area contributed by atoms with E-state index in [4.69, 9.17) is 0 Å². The molecule has 24 heavy (non-hydrogen) atoms. The molecule has 0 amide bonds. The Kier molecular flexibility index (Phi) is 7.07. The third-order valence-electron chi connectivity index (χ3n) is 4.26. The van der Waals surface area contributed by atoms with Crippen LogP contribution in [0.1, 0.15) is 60.4 Å². The molecule has 2 rings (SSSR count). The van der Waals surface area contributed by atoms with Gasteiger partial charge in [0.2, 0.25) is 0 Å². The molecule has 0 heterocycles. The molecular formula is C21H28LiOP. The van der Waals surface area contributed by atoms with E-state index in [1.54, 1.807) is 0 Å². The van der Waals surface area contributed by atoms with Crippen LogP contribution in [0.3, 0.4) is 0 Å². The first-order valence-corrected chi connectivity index (χ1v) is 9.10. The van der Waals surface area contributed by atoms with Gasteiger partial charge in [0.15, 0.2) is 5.52 Å². The molecule has 0 radical (unpaired) electrons. The summed E-state index contributed by atoms with van der Waals surface area (Å²) in [6.07, 6.45) is 0. The summed E-state index contributed by atoms with van der Waals surface area (Å²) in [5.41, 5.74) is 7.17. The van der Waals surface area contributed by atoms with Crippen molar-refractivity contribution in [1.29, 1.82) is 0 Å². The number of hydrogen-bond acceptors (Lipinski definition) is 1. The van der Waals surface area contributed by atoms with Crippen LogP contribution >= 0.6 is 8.58 Å². The average Bonchev–Trinajstić information content (AvgIpc) is 2.40. The van der Waals surface area contributed by atoms with Gasteiger partial charge in [-0.3, -0.25) is 4.79 Å². The monoisotopic (exact) mass is 334 g/mol. The Morgan fingerprint density at radius 1 is 0.917 bits per heavy atom. The van der Waals surface area contributed by atoms with Crippen LogP contribution in [0.15, 0.2) is 30.3 Å². The van der Waals surface area contributed by atoms with Crippen LogP contribution in [0.5, 0.6) is 0 Å². The Balaban J connectivity index is 0.00000288. The van der Waals surface area contributed by atoms with Gasteiger partial charge in [-0.15, -0.1) is 0 Å². The number of rotatable bonds is 3. The second-order valence-electron chi connectivity index (χ2n) is 7.51. The van der Waals surface area contributed by atoms with Crippen molar-refractivity contribution in [3.63, 3.8) is 0 Å². The predicted molar refractivity (Wildman–Crippen MR) is 104 cm³/mol. The average molecular weight is 334 g/mol. The van der Waals surface area contributed by atoms with Crippen molar-refractivity contribution in [2.75, 3.05) is 0 Å². The van der Waals surface area contributed by atoms with Gasteiger partial charge in [0.25, 0.3) is 0 Å². The summed E-state index contributed by atoms with van der Waals surface area (Å²) in [7, 11) is 0.188. The molecule has 1 unspecified atom stereocenters. The van der Waals surface area contributed by atoms with Crippen LogP contribution in [0.4, 0.5) is 0 Å². The maximum Gasteiger partial charge on any atom is 1.00 e. The summed E-state index contributed by atoms with van der Waals surface area (Å²) in [5, 5.41) is 1.15. The second kappa shape index (κ2) is 8.01. The Hall–Kier alpha value is -0.863. The second-order valence-corrected chi connectivity index (χ2v) is 8.75. The summed E-state index contributed by atoms with van der Waals surface area (Å²) >= 11 is 0. The third kappa shape index (κ3) is 4.83. The molecule has 0 fully saturated rings. The zero-order valence-electron chi connectivity index (χ0n) is 17.3. The SMILES string of the molecule is Cc1ccc(PC(=O)c2c(C)cc(C(C)(C)C)cc2C)c(C)c1.[H-].[Li+]. The molecule has 0 aliphatic rings. The van der Waals surface area contributed by atoms with Gasteiger partial charge >= 0.3 is 18.9 Å². The van der Waals surface area contributed by atoms with E-state index in [0.717, 1.165) is 22.0 Å².